The van der Waals surface area contributed by atoms with Crippen LogP contribution in [0, 0.1) is 5.82 Å². The summed E-state index contributed by atoms with van der Waals surface area (Å²) in [6.07, 6.45) is 0.626. The molecular formula is C14H16FNOS. The van der Waals surface area contributed by atoms with Crippen LogP contribution in [-0.4, -0.2) is 18.3 Å². The van der Waals surface area contributed by atoms with Crippen LogP contribution in [0.1, 0.15) is 10.4 Å². The largest absolute Gasteiger partial charge is 0.395 e. The molecule has 3 N–H and O–H groups in total. The Morgan fingerprint density at radius 2 is 2.11 bits per heavy atom. The molecule has 1 atom stereocenters. The number of rotatable bonds is 5. The molecule has 0 amide bonds. The molecule has 0 aliphatic rings. The Morgan fingerprint density at radius 1 is 1.28 bits per heavy atom. The maximum absolute atomic E-state index is 13.3. The van der Waals surface area contributed by atoms with Crippen LogP contribution in [0.2, 0.25) is 0 Å². The molecule has 0 spiro atoms. The zero-order valence-electron chi connectivity index (χ0n) is 9.97. The van der Waals surface area contributed by atoms with Crippen LogP contribution in [0.4, 0.5) is 4.39 Å². The lowest BCUT2D eigenvalue weighted by atomic mass is 9.78. The van der Waals surface area contributed by atoms with Crippen LogP contribution in [0.3, 0.4) is 0 Å². The molecular weight excluding hydrogens is 249 g/mol. The van der Waals surface area contributed by atoms with Gasteiger partial charge in [0.1, 0.15) is 5.82 Å². The van der Waals surface area contributed by atoms with E-state index in [2.05, 4.69) is 0 Å². The van der Waals surface area contributed by atoms with E-state index in [0.29, 0.717) is 6.42 Å². The van der Waals surface area contributed by atoms with E-state index in [9.17, 15) is 9.50 Å². The monoisotopic (exact) mass is 265 g/mol. The highest BCUT2D eigenvalue weighted by atomic mass is 32.1. The molecule has 1 unspecified atom stereocenters. The maximum atomic E-state index is 13.3. The Labute approximate surface area is 110 Å². The van der Waals surface area contributed by atoms with Gasteiger partial charge in [-0.3, -0.25) is 0 Å². The molecule has 0 bridgehead atoms. The molecule has 4 heteroatoms. The van der Waals surface area contributed by atoms with Crippen molar-refractivity contribution < 1.29 is 9.50 Å². The van der Waals surface area contributed by atoms with Crippen LogP contribution >= 0.6 is 11.3 Å². The predicted molar refractivity (Wildman–Crippen MR) is 72.2 cm³/mol. The highest BCUT2D eigenvalue weighted by Gasteiger charge is 2.31. The number of thiophene rings is 1. The lowest BCUT2D eigenvalue weighted by molar-refractivity contribution is 0.196. The van der Waals surface area contributed by atoms with E-state index in [0.717, 1.165) is 10.4 Å². The SMILES string of the molecule is NCC(CO)(Cc1cccs1)c1cccc(F)c1. The summed E-state index contributed by atoms with van der Waals surface area (Å²) in [4.78, 5) is 1.14. The van der Waals surface area contributed by atoms with Gasteiger partial charge < -0.3 is 10.8 Å². The van der Waals surface area contributed by atoms with Crippen molar-refractivity contribution in [3.63, 3.8) is 0 Å². The third kappa shape index (κ3) is 2.61. The first kappa shape index (κ1) is 13.2. The molecule has 2 rings (SSSR count). The zero-order chi connectivity index (χ0) is 13.0. The number of hydrogen-bond donors (Lipinski definition) is 2. The average Bonchev–Trinajstić information content (AvgIpc) is 2.89. The first-order valence-corrected chi connectivity index (χ1v) is 6.67. The quantitative estimate of drug-likeness (QED) is 0.871. The average molecular weight is 265 g/mol. The van der Waals surface area contributed by atoms with Gasteiger partial charge in [-0.1, -0.05) is 18.2 Å². The van der Waals surface area contributed by atoms with Crippen LogP contribution in [0.25, 0.3) is 0 Å². The molecule has 1 heterocycles. The van der Waals surface area contributed by atoms with Crippen molar-refractivity contribution in [3.8, 4) is 0 Å². The third-order valence-electron chi connectivity index (χ3n) is 3.22. The van der Waals surface area contributed by atoms with Crippen molar-refractivity contribution in [2.24, 2.45) is 5.73 Å². The normalized spacial score (nSPS) is 14.4. The van der Waals surface area contributed by atoms with Crippen LogP contribution in [-0.2, 0) is 11.8 Å². The number of aliphatic hydroxyl groups excluding tert-OH is 1. The molecule has 2 nitrogen and oxygen atoms in total. The second-order valence-corrected chi connectivity index (χ2v) is 5.44. The van der Waals surface area contributed by atoms with E-state index < -0.39 is 5.41 Å². The molecule has 1 aromatic heterocycles. The van der Waals surface area contributed by atoms with Crippen molar-refractivity contribution in [2.75, 3.05) is 13.2 Å². The third-order valence-corrected chi connectivity index (χ3v) is 4.10. The first-order chi connectivity index (χ1) is 8.70. The minimum absolute atomic E-state index is 0.0924. The van der Waals surface area contributed by atoms with Gasteiger partial charge in [-0.15, -0.1) is 11.3 Å². The van der Waals surface area contributed by atoms with Crippen molar-refractivity contribution in [1.29, 1.82) is 0 Å². The Kier molecular flexibility index (Phi) is 4.11. The molecule has 0 radical (unpaired) electrons. The first-order valence-electron chi connectivity index (χ1n) is 5.79. The van der Waals surface area contributed by atoms with Crippen LogP contribution < -0.4 is 5.73 Å². The van der Waals surface area contributed by atoms with Gasteiger partial charge in [0.25, 0.3) is 0 Å². The predicted octanol–water partition coefficient (Wildman–Crippen LogP) is 2.32. The highest BCUT2D eigenvalue weighted by molar-refractivity contribution is 7.09. The summed E-state index contributed by atoms with van der Waals surface area (Å²) in [7, 11) is 0. The molecule has 2 aromatic rings. The van der Waals surface area contributed by atoms with E-state index in [1.807, 2.05) is 23.6 Å². The number of hydrogen-bond acceptors (Lipinski definition) is 3. The van der Waals surface area contributed by atoms with Gasteiger partial charge in [0.15, 0.2) is 0 Å². The Morgan fingerprint density at radius 3 is 2.67 bits per heavy atom. The fourth-order valence-corrected chi connectivity index (χ4v) is 2.92. The number of nitrogens with two attached hydrogens (primary N) is 1. The molecule has 0 aliphatic carbocycles. The molecule has 0 saturated carbocycles. The molecule has 96 valence electrons. The second-order valence-electron chi connectivity index (χ2n) is 4.41. The topological polar surface area (TPSA) is 46.2 Å². The van der Waals surface area contributed by atoms with E-state index in [4.69, 9.17) is 5.73 Å². The summed E-state index contributed by atoms with van der Waals surface area (Å²) < 4.78 is 13.3. The van der Waals surface area contributed by atoms with Crippen LogP contribution in [0.15, 0.2) is 41.8 Å². The summed E-state index contributed by atoms with van der Waals surface area (Å²) in [5.74, 6) is -0.301. The van der Waals surface area contributed by atoms with Crippen molar-refractivity contribution in [2.45, 2.75) is 11.8 Å². The van der Waals surface area contributed by atoms with Gasteiger partial charge >= 0.3 is 0 Å². The number of halogens is 1. The van der Waals surface area contributed by atoms with Gasteiger partial charge in [-0.25, -0.2) is 4.39 Å². The minimum atomic E-state index is -0.604. The summed E-state index contributed by atoms with van der Waals surface area (Å²) in [6.45, 7) is 0.190. The minimum Gasteiger partial charge on any atom is -0.395 e. The van der Waals surface area contributed by atoms with Gasteiger partial charge in [-0.05, 0) is 35.6 Å². The van der Waals surface area contributed by atoms with E-state index >= 15 is 0 Å². The maximum Gasteiger partial charge on any atom is 0.123 e. The van der Waals surface area contributed by atoms with E-state index in [1.165, 1.54) is 12.1 Å². The Hall–Kier alpha value is -1.23. The van der Waals surface area contributed by atoms with Gasteiger partial charge in [0, 0.05) is 16.8 Å². The molecule has 18 heavy (non-hydrogen) atoms. The molecule has 0 saturated heterocycles. The van der Waals surface area contributed by atoms with E-state index in [-0.39, 0.29) is 19.0 Å². The van der Waals surface area contributed by atoms with Crippen molar-refractivity contribution >= 4 is 11.3 Å². The summed E-state index contributed by atoms with van der Waals surface area (Å²) in [6, 6.07) is 10.3. The highest BCUT2D eigenvalue weighted by Crippen LogP contribution is 2.29. The second kappa shape index (κ2) is 5.61. The van der Waals surface area contributed by atoms with Gasteiger partial charge in [0.2, 0.25) is 0 Å². The smallest absolute Gasteiger partial charge is 0.123 e. The summed E-state index contributed by atoms with van der Waals surface area (Å²) in [5, 5.41) is 11.7. The molecule has 0 aliphatic heterocycles. The molecule has 0 fully saturated rings. The number of benzene rings is 1. The molecule has 1 aromatic carbocycles. The lowest BCUT2D eigenvalue weighted by Crippen LogP contribution is -2.40. The van der Waals surface area contributed by atoms with Gasteiger partial charge in [-0.2, -0.15) is 0 Å². The fourth-order valence-electron chi connectivity index (χ4n) is 2.07. The lowest BCUT2D eigenvalue weighted by Gasteiger charge is -2.30. The van der Waals surface area contributed by atoms with Gasteiger partial charge in [0.05, 0.1) is 6.61 Å². The van der Waals surface area contributed by atoms with Crippen LogP contribution in [0.5, 0.6) is 0 Å². The van der Waals surface area contributed by atoms with Crippen molar-refractivity contribution in [3.05, 3.63) is 58.0 Å². The summed E-state index contributed by atoms with van der Waals surface area (Å²) in [5.41, 5.74) is 5.99. The Balaban J connectivity index is 2.37. The zero-order valence-corrected chi connectivity index (χ0v) is 10.8. The van der Waals surface area contributed by atoms with Crippen molar-refractivity contribution in [1.82, 2.24) is 0 Å². The Bertz CT molecular complexity index is 494. The van der Waals surface area contributed by atoms with E-state index in [1.54, 1.807) is 17.4 Å². The fraction of sp³-hybridized carbons (Fsp3) is 0.286. The number of aliphatic hydroxyl groups is 1. The summed E-state index contributed by atoms with van der Waals surface area (Å²) >= 11 is 1.62. The standard InChI is InChI=1S/C14H16FNOS/c15-12-4-1-3-11(7-12)14(9-16,10-17)8-13-5-2-6-18-13/h1-7,17H,8-10,16H2.